The van der Waals surface area contributed by atoms with Gasteiger partial charge in [-0.05, 0) is 12.1 Å². The summed E-state index contributed by atoms with van der Waals surface area (Å²) in [6.07, 6.45) is 0. The number of thiol groups is 1. The van der Waals surface area contributed by atoms with Crippen LogP contribution in [0.2, 0.25) is 5.02 Å². The van der Waals surface area contributed by atoms with E-state index in [1.54, 1.807) is 0 Å². The summed E-state index contributed by atoms with van der Waals surface area (Å²) in [7, 11) is 0. The molecular formula is C8H4ClNO2S. The minimum absolute atomic E-state index is 0.0222. The van der Waals surface area contributed by atoms with Gasteiger partial charge < -0.3 is 5.11 Å². The lowest BCUT2D eigenvalue weighted by Crippen LogP contribution is -1.97. The molecule has 0 unspecified atom stereocenters. The van der Waals surface area contributed by atoms with Crippen molar-refractivity contribution in [3.63, 3.8) is 0 Å². The number of halogens is 1. The fourth-order valence-electron chi connectivity index (χ4n) is 0.826. The van der Waals surface area contributed by atoms with Crippen LogP contribution >= 0.6 is 24.2 Å². The van der Waals surface area contributed by atoms with E-state index < -0.39 is 5.97 Å². The van der Waals surface area contributed by atoms with Crippen LogP contribution in [0.15, 0.2) is 17.0 Å². The number of benzene rings is 1. The van der Waals surface area contributed by atoms with Gasteiger partial charge in [0, 0.05) is 4.90 Å². The lowest BCUT2D eigenvalue weighted by atomic mass is 10.1. The second-order valence-corrected chi connectivity index (χ2v) is 3.16. The Hall–Kier alpha value is -1.18. The zero-order valence-electron chi connectivity index (χ0n) is 6.28. The number of aromatic carboxylic acids is 1. The quantitative estimate of drug-likeness (QED) is 0.703. The molecule has 0 aliphatic carbocycles. The summed E-state index contributed by atoms with van der Waals surface area (Å²) in [5.74, 6) is -1.10. The van der Waals surface area contributed by atoms with Gasteiger partial charge in [-0.2, -0.15) is 5.26 Å². The third-order valence-corrected chi connectivity index (χ3v) is 2.08. The van der Waals surface area contributed by atoms with Crippen LogP contribution < -0.4 is 0 Å². The van der Waals surface area contributed by atoms with Crippen molar-refractivity contribution in [1.82, 2.24) is 0 Å². The van der Waals surface area contributed by atoms with Crippen molar-refractivity contribution in [2.75, 3.05) is 0 Å². The van der Waals surface area contributed by atoms with E-state index in [4.69, 9.17) is 22.0 Å². The SMILES string of the molecule is N#Cc1c(S)cc(C(=O)O)cc1Cl. The number of carboxylic acid groups (broad SMARTS) is 1. The molecule has 0 aromatic heterocycles. The molecule has 3 nitrogen and oxygen atoms in total. The van der Waals surface area contributed by atoms with Crippen molar-refractivity contribution in [2.24, 2.45) is 0 Å². The third-order valence-electron chi connectivity index (χ3n) is 1.43. The molecule has 0 atom stereocenters. The molecule has 0 saturated heterocycles. The molecule has 0 saturated carbocycles. The van der Waals surface area contributed by atoms with Crippen molar-refractivity contribution in [1.29, 1.82) is 5.26 Å². The zero-order chi connectivity index (χ0) is 10.0. The van der Waals surface area contributed by atoms with E-state index >= 15 is 0 Å². The molecule has 66 valence electrons. The predicted octanol–water partition coefficient (Wildman–Crippen LogP) is 2.20. The molecule has 13 heavy (non-hydrogen) atoms. The molecule has 1 N–H and O–H groups in total. The number of rotatable bonds is 1. The second kappa shape index (κ2) is 3.69. The molecule has 0 aliphatic rings. The van der Waals surface area contributed by atoms with Crippen LogP contribution in [-0.2, 0) is 0 Å². The minimum Gasteiger partial charge on any atom is -0.478 e. The fraction of sp³-hybridized carbons (Fsp3) is 0. The maximum absolute atomic E-state index is 10.5. The normalized spacial score (nSPS) is 9.31. The maximum Gasteiger partial charge on any atom is 0.335 e. The van der Waals surface area contributed by atoms with E-state index in [1.807, 2.05) is 6.07 Å². The molecule has 1 aromatic carbocycles. The molecule has 0 amide bonds. The van der Waals surface area contributed by atoms with Crippen molar-refractivity contribution in [2.45, 2.75) is 4.90 Å². The summed E-state index contributed by atoms with van der Waals surface area (Å²) in [4.78, 5) is 10.8. The van der Waals surface area contributed by atoms with Crippen molar-refractivity contribution in [3.05, 3.63) is 28.3 Å². The Morgan fingerprint density at radius 3 is 2.62 bits per heavy atom. The monoisotopic (exact) mass is 213 g/mol. The third kappa shape index (κ3) is 1.94. The first-order valence-corrected chi connectivity index (χ1v) is 4.04. The molecule has 0 aliphatic heterocycles. The van der Waals surface area contributed by atoms with E-state index in [-0.39, 0.29) is 21.0 Å². The van der Waals surface area contributed by atoms with Crippen LogP contribution in [0.3, 0.4) is 0 Å². The van der Waals surface area contributed by atoms with Gasteiger partial charge in [0.2, 0.25) is 0 Å². The largest absolute Gasteiger partial charge is 0.478 e. The van der Waals surface area contributed by atoms with Gasteiger partial charge in [-0.1, -0.05) is 11.6 Å². The van der Waals surface area contributed by atoms with Crippen molar-refractivity contribution < 1.29 is 9.90 Å². The summed E-state index contributed by atoms with van der Waals surface area (Å²) < 4.78 is 0. The summed E-state index contributed by atoms with van der Waals surface area (Å²) >= 11 is 9.59. The highest BCUT2D eigenvalue weighted by atomic mass is 35.5. The van der Waals surface area contributed by atoms with Crippen LogP contribution in [0, 0.1) is 11.3 Å². The average molecular weight is 214 g/mol. The Kier molecular flexibility index (Phi) is 2.81. The smallest absolute Gasteiger partial charge is 0.335 e. The van der Waals surface area contributed by atoms with Gasteiger partial charge >= 0.3 is 5.97 Å². The van der Waals surface area contributed by atoms with E-state index in [9.17, 15) is 4.79 Å². The fourth-order valence-corrected chi connectivity index (χ4v) is 1.46. The number of nitrogens with zero attached hydrogens (tertiary/aromatic N) is 1. The number of carbonyl (C=O) groups is 1. The van der Waals surface area contributed by atoms with Crippen LogP contribution in [0.1, 0.15) is 15.9 Å². The summed E-state index contributed by atoms with van der Waals surface area (Å²) in [5, 5.41) is 17.3. The van der Waals surface area contributed by atoms with Gasteiger partial charge in [-0.15, -0.1) is 12.6 Å². The number of hydrogen-bond donors (Lipinski definition) is 2. The van der Waals surface area contributed by atoms with E-state index in [1.165, 1.54) is 12.1 Å². The Balaban J connectivity index is 3.39. The summed E-state index contributed by atoms with van der Waals surface area (Å²) in [6.45, 7) is 0. The van der Waals surface area contributed by atoms with E-state index in [2.05, 4.69) is 12.6 Å². The van der Waals surface area contributed by atoms with Gasteiger partial charge in [0.25, 0.3) is 0 Å². The molecule has 0 fully saturated rings. The van der Waals surface area contributed by atoms with E-state index in [0.29, 0.717) is 0 Å². The lowest BCUT2D eigenvalue weighted by Gasteiger charge is -2.01. The van der Waals surface area contributed by atoms with Gasteiger partial charge in [0.1, 0.15) is 6.07 Å². The Morgan fingerprint density at radius 2 is 2.23 bits per heavy atom. The van der Waals surface area contributed by atoms with Crippen molar-refractivity contribution >= 4 is 30.2 Å². The molecular weight excluding hydrogens is 210 g/mol. The van der Waals surface area contributed by atoms with E-state index in [0.717, 1.165) is 0 Å². The topological polar surface area (TPSA) is 61.1 Å². The maximum atomic E-state index is 10.5. The van der Waals surface area contributed by atoms with Crippen LogP contribution in [-0.4, -0.2) is 11.1 Å². The number of carboxylic acids is 1. The minimum atomic E-state index is -1.10. The summed E-state index contributed by atoms with van der Waals surface area (Å²) in [6, 6.07) is 4.34. The highest BCUT2D eigenvalue weighted by molar-refractivity contribution is 7.80. The second-order valence-electron chi connectivity index (χ2n) is 2.27. The lowest BCUT2D eigenvalue weighted by molar-refractivity contribution is 0.0696. The van der Waals surface area contributed by atoms with Gasteiger partial charge in [0.15, 0.2) is 0 Å². The number of hydrogen-bond acceptors (Lipinski definition) is 3. The first kappa shape index (κ1) is 9.90. The Bertz CT molecular complexity index is 388. The first-order chi connectivity index (χ1) is 6.06. The first-order valence-electron chi connectivity index (χ1n) is 3.22. The Morgan fingerprint density at radius 1 is 1.62 bits per heavy atom. The summed E-state index contributed by atoms with van der Waals surface area (Å²) in [5.41, 5.74) is 0.212. The highest BCUT2D eigenvalue weighted by Crippen LogP contribution is 2.24. The zero-order valence-corrected chi connectivity index (χ0v) is 7.93. The molecule has 0 spiro atoms. The Labute approximate surface area is 85.0 Å². The highest BCUT2D eigenvalue weighted by Gasteiger charge is 2.10. The van der Waals surface area contributed by atoms with Crippen LogP contribution in [0.4, 0.5) is 0 Å². The van der Waals surface area contributed by atoms with Gasteiger partial charge in [0.05, 0.1) is 16.1 Å². The van der Waals surface area contributed by atoms with Crippen LogP contribution in [0.25, 0.3) is 0 Å². The number of nitriles is 1. The molecule has 0 bridgehead atoms. The van der Waals surface area contributed by atoms with Gasteiger partial charge in [-0.3, -0.25) is 0 Å². The average Bonchev–Trinajstić information content (AvgIpc) is 2.03. The standard InChI is InChI=1S/C8H4ClNO2S/c9-6-1-4(8(11)12)2-7(13)5(6)3-10/h1-2,13H,(H,11,12). The van der Waals surface area contributed by atoms with Crippen molar-refractivity contribution in [3.8, 4) is 6.07 Å². The molecule has 0 radical (unpaired) electrons. The molecule has 1 rings (SSSR count). The molecule has 1 aromatic rings. The predicted molar refractivity (Wildman–Crippen MR) is 50.4 cm³/mol. The van der Waals surface area contributed by atoms with Crippen LogP contribution in [0.5, 0.6) is 0 Å². The van der Waals surface area contributed by atoms with Gasteiger partial charge in [-0.25, -0.2) is 4.79 Å². The molecule has 0 heterocycles. The molecule has 5 heteroatoms.